The minimum absolute atomic E-state index is 0.0127. The number of carbonyl (C=O) groups excluding carboxylic acids is 1. The Morgan fingerprint density at radius 3 is 2.79 bits per heavy atom. The molecular formula is C10H16N3O+. The molecule has 0 aliphatic heterocycles. The summed E-state index contributed by atoms with van der Waals surface area (Å²) in [6.07, 6.45) is 2.34. The van der Waals surface area contributed by atoms with Gasteiger partial charge in [0.2, 0.25) is 5.91 Å². The van der Waals surface area contributed by atoms with Crippen molar-refractivity contribution in [1.82, 2.24) is 10.3 Å². The number of hydrogen-bond acceptors (Lipinski definition) is 2. The number of rotatable bonds is 2. The summed E-state index contributed by atoms with van der Waals surface area (Å²) in [7, 11) is 3.56. The van der Waals surface area contributed by atoms with Crippen molar-refractivity contribution in [2.75, 3.05) is 7.05 Å². The molecule has 0 spiro atoms. The van der Waals surface area contributed by atoms with Crippen molar-refractivity contribution >= 4 is 5.91 Å². The Morgan fingerprint density at radius 1 is 1.57 bits per heavy atom. The van der Waals surface area contributed by atoms with Crippen molar-refractivity contribution in [1.29, 1.82) is 0 Å². The molecule has 0 aliphatic carbocycles. The molecule has 4 heteroatoms. The van der Waals surface area contributed by atoms with Gasteiger partial charge in [-0.15, -0.1) is 0 Å². The van der Waals surface area contributed by atoms with Crippen molar-refractivity contribution in [2.45, 2.75) is 20.3 Å². The maximum atomic E-state index is 11.2. The smallest absolute Gasteiger partial charge is 0.295 e. The van der Waals surface area contributed by atoms with E-state index in [0.717, 1.165) is 17.1 Å². The van der Waals surface area contributed by atoms with Gasteiger partial charge < -0.3 is 5.32 Å². The van der Waals surface area contributed by atoms with Crippen LogP contribution in [0.3, 0.4) is 0 Å². The molecule has 76 valence electrons. The zero-order valence-electron chi connectivity index (χ0n) is 9.09. The van der Waals surface area contributed by atoms with Crippen LogP contribution in [0.1, 0.15) is 17.1 Å². The second-order valence-electron chi connectivity index (χ2n) is 3.36. The number of aryl methyl sites for hydroxylation is 3. The number of nitrogens with zero attached hydrogens (tertiary/aromatic N) is 2. The molecule has 0 radical (unpaired) electrons. The van der Waals surface area contributed by atoms with Gasteiger partial charge >= 0.3 is 0 Å². The van der Waals surface area contributed by atoms with Gasteiger partial charge in [-0.3, -0.25) is 4.79 Å². The lowest BCUT2D eigenvalue weighted by molar-refractivity contribution is -0.681. The first-order valence-electron chi connectivity index (χ1n) is 4.58. The van der Waals surface area contributed by atoms with E-state index in [2.05, 4.69) is 10.3 Å². The topological polar surface area (TPSA) is 45.9 Å². The fourth-order valence-corrected chi connectivity index (χ4v) is 1.25. The molecule has 1 N–H and O–H groups in total. The Balaban J connectivity index is 2.98. The van der Waals surface area contributed by atoms with Gasteiger partial charge in [0.15, 0.2) is 5.69 Å². The van der Waals surface area contributed by atoms with Crippen molar-refractivity contribution in [3.8, 4) is 0 Å². The molecule has 0 fully saturated rings. The third kappa shape index (κ3) is 2.28. The largest absolute Gasteiger partial charge is 0.359 e. The maximum absolute atomic E-state index is 11.2. The van der Waals surface area contributed by atoms with E-state index in [1.807, 2.05) is 31.7 Å². The van der Waals surface area contributed by atoms with Crippen LogP contribution in [0.25, 0.3) is 0 Å². The second-order valence-corrected chi connectivity index (χ2v) is 3.36. The van der Waals surface area contributed by atoms with Crippen molar-refractivity contribution in [2.24, 2.45) is 7.05 Å². The molecule has 0 saturated heterocycles. The highest BCUT2D eigenvalue weighted by Crippen LogP contribution is 2.02. The Morgan fingerprint density at radius 2 is 2.21 bits per heavy atom. The summed E-state index contributed by atoms with van der Waals surface area (Å²) < 4.78 is 1.92. The lowest BCUT2D eigenvalue weighted by Crippen LogP contribution is -2.35. The molecule has 0 aromatic carbocycles. The lowest BCUT2D eigenvalue weighted by atomic mass is 10.1. The van der Waals surface area contributed by atoms with Crippen LogP contribution in [0.5, 0.6) is 0 Å². The average Bonchev–Trinajstić information content (AvgIpc) is 2.14. The van der Waals surface area contributed by atoms with Crippen LogP contribution in [-0.2, 0) is 18.3 Å². The van der Waals surface area contributed by atoms with Crippen LogP contribution in [0.2, 0.25) is 0 Å². The van der Waals surface area contributed by atoms with E-state index in [0.29, 0.717) is 6.42 Å². The van der Waals surface area contributed by atoms with Gasteiger partial charge in [-0.2, -0.15) is 0 Å². The van der Waals surface area contributed by atoms with Gasteiger partial charge in [0, 0.05) is 26.5 Å². The molecule has 14 heavy (non-hydrogen) atoms. The fraction of sp³-hybridized carbons (Fsp3) is 0.500. The van der Waals surface area contributed by atoms with Crippen LogP contribution in [0.15, 0.2) is 6.20 Å². The quantitative estimate of drug-likeness (QED) is 0.663. The minimum Gasteiger partial charge on any atom is -0.359 e. The Labute approximate surface area is 84.0 Å². The summed E-state index contributed by atoms with van der Waals surface area (Å²) in [4.78, 5) is 15.5. The maximum Gasteiger partial charge on any atom is 0.295 e. The zero-order valence-corrected chi connectivity index (χ0v) is 9.09. The lowest BCUT2D eigenvalue weighted by Gasteiger charge is -2.02. The van der Waals surface area contributed by atoms with Crippen LogP contribution in [0, 0.1) is 13.8 Å². The number of hydrogen-bond donors (Lipinski definition) is 1. The molecule has 0 atom stereocenters. The normalized spacial score (nSPS) is 10.0. The highest BCUT2D eigenvalue weighted by molar-refractivity contribution is 5.78. The van der Waals surface area contributed by atoms with Gasteiger partial charge in [-0.25, -0.2) is 4.57 Å². The molecule has 1 rings (SSSR count). The van der Waals surface area contributed by atoms with Gasteiger partial charge in [-0.1, -0.05) is 4.98 Å². The summed E-state index contributed by atoms with van der Waals surface area (Å²) in [5.74, 6) is 0.960. The van der Waals surface area contributed by atoms with Gasteiger partial charge in [0.1, 0.15) is 0 Å². The Kier molecular flexibility index (Phi) is 3.17. The van der Waals surface area contributed by atoms with Crippen molar-refractivity contribution in [3.63, 3.8) is 0 Å². The van der Waals surface area contributed by atoms with Crippen LogP contribution in [-0.4, -0.2) is 17.9 Å². The Bertz CT molecular complexity index is 361. The molecule has 1 heterocycles. The monoisotopic (exact) mass is 194 g/mol. The molecule has 1 amide bonds. The molecule has 1 aromatic rings. The first-order valence-corrected chi connectivity index (χ1v) is 4.58. The minimum atomic E-state index is 0.0127. The van der Waals surface area contributed by atoms with E-state index < -0.39 is 0 Å². The fourth-order valence-electron chi connectivity index (χ4n) is 1.25. The number of nitrogens with one attached hydrogen (secondary N) is 1. The second kappa shape index (κ2) is 4.17. The summed E-state index contributed by atoms with van der Waals surface area (Å²) in [6.45, 7) is 3.86. The van der Waals surface area contributed by atoms with E-state index in [-0.39, 0.29) is 5.91 Å². The van der Waals surface area contributed by atoms with Gasteiger partial charge in [-0.05, 0) is 0 Å². The number of carbonyl (C=O) groups is 1. The standard InChI is InChI=1S/C10H15N3O/c1-7-9(5-10(14)11-3)6-13(4)8(2)12-7/h6H,5H2,1-4H3/p+1. The summed E-state index contributed by atoms with van der Waals surface area (Å²) in [6, 6.07) is 0. The molecule has 0 bridgehead atoms. The zero-order chi connectivity index (χ0) is 10.7. The first kappa shape index (κ1) is 10.6. The highest BCUT2D eigenvalue weighted by atomic mass is 16.1. The molecule has 0 unspecified atom stereocenters. The van der Waals surface area contributed by atoms with Gasteiger partial charge in [0.05, 0.1) is 19.7 Å². The van der Waals surface area contributed by atoms with E-state index in [1.165, 1.54) is 0 Å². The molecule has 0 saturated carbocycles. The highest BCUT2D eigenvalue weighted by Gasteiger charge is 2.13. The number of likely N-dealkylation sites (N-methyl/N-ethyl adjacent to an activating group) is 1. The molecule has 4 nitrogen and oxygen atoms in total. The van der Waals surface area contributed by atoms with Crippen LogP contribution < -0.4 is 9.88 Å². The summed E-state index contributed by atoms with van der Waals surface area (Å²) >= 11 is 0. The first-order chi connectivity index (χ1) is 6.54. The third-order valence-corrected chi connectivity index (χ3v) is 2.28. The van der Waals surface area contributed by atoms with E-state index in [9.17, 15) is 4.79 Å². The van der Waals surface area contributed by atoms with E-state index in [1.54, 1.807) is 7.05 Å². The molecule has 0 aliphatic rings. The number of aromatic nitrogens is 2. The predicted octanol–water partition coefficient (Wildman–Crippen LogP) is -0.189. The van der Waals surface area contributed by atoms with Crippen LogP contribution in [0.4, 0.5) is 0 Å². The van der Waals surface area contributed by atoms with Crippen molar-refractivity contribution < 1.29 is 9.36 Å². The molecular weight excluding hydrogens is 178 g/mol. The van der Waals surface area contributed by atoms with Crippen molar-refractivity contribution in [3.05, 3.63) is 23.3 Å². The molecule has 1 aromatic heterocycles. The SMILES string of the molecule is CNC(=O)Cc1c[n+](C)c(C)nc1C. The van der Waals surface area contributed by atoms with Gasteiger partial charge in [0.25, 0.3) is 5.82 Å². The number of amides is 1. The Hall–Kier alpha value is -1.45. The third-order valence-electron chi connectivity index (χ3n) is 2.28. The summed E-state index contributed by atoms with van der Waals surface area (Å²) in [5.41, 5.74) is 1.89. The average molecular weight is 194 g/mol. The summed E-state index contributed by atoms with van der Waals surface area (Å²) in [5, 5.41) is 2.60. The predicted molar refractivity (Wildman–Crippen MR) is 52.7 cm³/mol. The van der Waals surface area contributed by atoms with E-state index in [4.69, 9.17) is 0 Å². The van der Waals surface area contributed by atoms with Crippen LogP contribution >= 0.6 is 0 Å². The van der Waals surface area contributed by atoms with E-state index >= 15 is 0 Å².